The van der Waals surface area contributed by atoms with Crippen LogP contribution in [0.4, 0.5) is 0 Å². The van der Waals surface area contributed by atoms with Crippen molar-refractivity contribution in [3.63, 3.8) is 0 Å². The molecule has 0 aromatic heterocycles. The maximum Gasteiger partial charge on any atom is 0.340 e. The second-order valence-corrected chi connectivity index (χ2v) is 4.22. The van der Waals surface area contributed by atoms with E-state index in [4.69, 9.17) is 10.00 Å². The molecule has 18 heavy (non-hydrogen) atoms. The second kappa shape index (κ2) is 6.92. The molecule has 0 saturated heterocycles. The van der Waals surface area contributed by atoms with Gasteiger partial charge in [0, 0.05) is 17.3 Å². The van der Waals surface area contributed by atoms with Gasteiger partial charge in [0.2, 0.25) is 0 Å². The minimum atomic E-state index is -0.632. The Morgan fingerprint density at radius 3 is 2.72 bits per heavy atom. The highest BCUT2D eigenvalue weighted by Gasteiger charge is 2.21. The number of ether oxygens (including phenoxy) is 1. The molecule has 0 heterocycles. The van der Waals surface area contributed by atoms with Crippen LogP contribution in [0, 0.1) is 11.3 Å². The van der Waals surface area contributed by atoms with Crippen LogP contribution in [0.2, 0.25) is 0 Å². The number of benzene rings is 1. The summed E-state index contributed by atoms with van der Waals surface area (Å²) in [7, 11) is 0. The number of carbonyl (C=O) groups excluding carboxylic acids is 2. The van der Waals surface area contributed by atoms with Gasteiger partial charge in [0.25, 0.3) is 0 Å². The van der Waals surface area contributed by atoms with Gasteiger partial charge in [-0.3, -0.25) is 4.79 Å². The molecule has 0 radical (unpaired) electrons. The molecule has 0 aliphatic rings. The smallest absolute Gasteiger partial charge is 0.340 e. The fourth-order valence-electron chi connectivity index (χ4n) is 1.52. The van der Waals surface area contributed by atoms with E-state index < -0.39 is 5.97 Å². The van der Waals surface area contributed by atoms with Crippen molar-refractivity contribution in [2.75, 3.05) is 11.9 Å². The number of carbonyl (C=O) groups is 2. The van der Waals surface area contributed by atoms with E-state index in [1.54, 1.807) is 13.0 Å². The molecule has 0 bridgehead atoms. The summed E-state index contributed by atoms with van der Waals surface area (Å²) in [6.07, 6.45) is 0.265. The van der Waals surface area contributed by atoms with E-state index in [1.807, 2.05) is 6.07 Å². The van der Waals surface area contributed by atoms with Gasteiger partial charge in [0.15, 0.2) is 5.78 Å². The van der Waals surface area contributed by atoms with Gasteiger partial charge >= 0.3 is 5.97 Å². The Kier molecular flexibility index (Phi) is 5.53. The highest BCUT2D eigenvalue weighted by molar-refractivity contribution is 9.09. The quantitative estimate of drug-likeness (QED) is 0.476. The Balaban J connectivity index is 3.30. The van der Waals surface area contributed by atoms with E-state index >= 15 is 0 Å². The van der Waals surface area contributed by atoms with E-state index in [2.05, 4.69) is 15.9 Å². The zero-order valence-electron chi connectivity index (χ0n) is 9.90. The summed E-state index contributed by atoms with van der Waals surface area (Å²) in [5, 5.41) is 9.50. The van der Waals surface area contributed by atoms with Crippen LogP contribution in [-0.2, 0) is 4.74 Å². The number of hydrogen-bond donors (Lipinski definition) is 0. The lowest BCUT2D eigenvalue weighted by Gasteiger charge is -2.09. The molecule has 0 aliphatic heterocycles. The molecular weight excluding hydrogens is 298 g/mol. The molecule has 1 aromatic carbocycles. The summed E-state index contributed by atoms with van der Waals surface area (Å²) in [5.74, 6) is -0.820. The van der Waals surface area contributed by atoms with Crippen LogP contribution >= 0.6 is 15.9 Å². The van der Waals surface area contributed by atoms with Crippen molar-refractivity contribution in [2.24, 2.45) is 0 Å². The lowest BCUT2D eigenvalue weighted by molar-refractivity contribution is 0.0522. The molecule has 1 rings (SSSR count). The first-order valence-corrected chi connectivity index (χ1v) is 6.57. The zero-order chi connectivity index (χ0) is 13.5. The minimum Gasteiger partial charge on any atom is -0.462 e. The monoisotopic (exact) mass is 309 g/mol. The fourth-order valence-corrected chi connectivity index (χ4v) is 1.88. The van der Waals surface area contributed by atoms with Crippen LogP contribution in [0.1, 0.15) is 39.6 Å². The topological polar surface area (TPSA) is 67.2 Å². The highest BCUT2D eigenvalue weighted by atomic mass is 79.9. The third kappa shape index (κ3) is 3.17. The number of rotatable bonds is 5. The number of Topliss-reactive ketones (excluding diaryl/α,β-unsaturated/α-hetero) is 1. The van der Waals surface area contributed by atoms with Crippen LogP contribution in [0.25, 0.3) is 0 Å². The van der Waals surface area contributed by atoms with Gasteiger partial charge < -0.3 is 4.74 Å². The van der Waals surface area contributed by atoms with Crippen LogP contribution in [0.3, 0.4) is 0 Å². The molecule has 0 amide bonds. The van der Waals surface area contributed by atoms with Gasteiger partial charge in [-0.05, 0) is 13.0 Å². The first-order valence-electron chi connectivity index (χ1n) is 5.45. The van der Waals surface area contributed by atoms with E-state index in [-0.39, 0.29) is 35.5 Å². The molecule has 0 spiro atoms. The Bertz CT molecular complexity index is 505. The first kappa shape index (κ1) is 14.4. The summed E-state index contributed by atoms with van der Waals surface area (Å²) in [4.78, 5) is 23.7. The summed E-state index contributed by atoms with van der Waals surface area (Å²) in [6.45, 7) is 1.87. The normalized spacial score (nSPS) is 9.61. The maximum atomic E-state index is 11.9. The van der Waals surface area contributed by atoms with Crippen LogP contribution in [-0.4, -0.2) is 23.7 Å². The summed E-state index contributed by atoms with van der Waals surface area (Å²) >= 11 is 3.17. The number of esters is 1. The molecule has 94 valence electrons. The van der Waals surface area contributed by atoms with E-state index in [0.29, 0.717) is 5.33 Å². The zero-order valence-corrected chi connectivity index (χ0v) is 11.5. The largest absolute Gasteiger partial charge is 0.462 e. The van der Waals surface area contributed by atoms with Crippen molar-refractivity contribution in [1.29, 1.82) is 5.26 Å². The summed E-state index contributed by atoms with van der Waals surface area (Å²) in [5.41, 5.74) is 0.466. The van der Waals surface area contributed by atoms with Gasteiger partial charge in [-0.15, -0.1) is 0 Å². The van der Waals surface area contributed by atoms with Crippen molar-refractivity contribution >= 4 is 27.7 Å². The van der Waals surface area contributed by atoms with Crippen molar-refractivity contribution in [2.45, 2.75) is 13.3 Å². The van der Waals surface area contributed by atoms with Crippen molar-refractivity contribution < 1.29 is 14.3 Å². The van der Waals surface area contributed by atoms with Gasteiger partial charge in [-0.2, -0.15) is 5.26 Å². The lowest BCUT2D eigenvalue weighted by Crippen LogP contribution is -2.14. The average molecular weight is 310 g/mol. The average Bonchev–Trinajstić information content (AvgIpc) is 2.38. The standard InChI is InChI=1S/C13H12BrNO3/c1-2-18-13(17)12-9(8-15)4-3-5-10(12)11(16)6-7-14/h3-5H,2,6-7H2,1H3. The number of alkyl halides is 1. The second-order valence-electron chi connectivity index (χ2n) is 3.42. The Morgan fingerprint density at radius 2 is 2.17 bits per heavy atom. The van der Waals surface area contributed by atoms with Crippen LogP contribution in [0.15, 0.2) is 18.2 Å². The van der Waals surface area contributed by atoms with E-state index in [1.165, 1.54) is 12.1 Å². The van der Waals surface area contributed by atoms with Gasteiger partial charge in [0.05, 0.1) is 17.7 Å². The van der Waals surface area contributed by atoms with Gasteiger partial charge in [0.1, 0.15) is 6.07 Å². The Morgan fingerprint density at radius 1 is 1.44 bits per heavy atom. The molecule has 0 atom stereocenters. The molecule has 0 aliphatic carbocycles. The molecule has 0 N–H and O–H groups in total. The van der Waals surface area contributed by atoms with Crippen molar-refractivity contribution in [1.82, 2.24) is 0 Å². The molecular formula is C13H12BrNO3. The first-order chi connectivity index (χ1) is 8.65. The molecule has 0 unspecified atom stereocenters. The SMILES string of the molecule is CCOC(=O)c1c(C#N)cccc1C(=O)CCBr. The predicted octanol–water partition coefficient (Wildman–Crippen LogP) is 2.70. The Labute approximate surface area is 114 Å². The Hall–Kier alpha value is -1.67. The van der Waals surface area contributed by atoms with E-state index in [0.717, 1.165) is 0 Å². The number of hydrogen-bond acceptors (Lipinski definition) is 4. The third-order valence-electron chi connectivity index (χ3n) is 2.29. The minimum absolute atomic E-state index is 0.0628. The lowest BCUT2D eigenvalue weighted by atomic mass is 9.97. The summed E-state index contributed by atoms with van der Waals surface area (Å²) < 4.78 is 4.89. The molecule has 0 saturated carbocycles. The fraction of sp³-hybridized carbons (Fsp3) is 0.308. The van der Waals surface area contributed by atoms with E-state index in [9.17, 15) is 9.59 Å². The molecule has 5 heteroatoms. The molecule has 4 nitrogen and oxygen atoms in total. The maximum absolute atomic E-state index is 11.9. The third-order valence-corrected chi connectivity index (χ3v) is 2.68. The van der Waals surface area contributed by atoms with Gasteiger partial charge in [-0.25, -0.2) is 4.79 Å². The van der Waals surface area contributed by atoms with Gasteiger partial charge in [-0.1, -0.05) is 28.1 Å². The molecule has 1 aromatic rings. The molecule has 0 fully saturated rings. The highest BCUT2D eigenvalue weighted by Crippen LogP contribution is 2.18. The number of halogens is 1. The van der Waals surface area contributed by atoms with Crippen molar-refractivity contribution in [3.8, 4) is 6.07 Å². The van der Waals surface area contributed by atoms with Crippen molar-refractivity contribution in [3.05, 3.63) is 34.9 Å². The van der Waals surface area contributed by atoms with Crippen LogP contribution in [0.5, 0.6) is 0 Å². The predicted molar refractivity (Wildman–Crippen MR) is 69.9 cm³/mol. The number of nitriles is 1. The van der Waals surface area contributed by atoms with Crippen LogP contribution < -0.4 is 0 Å². The number of ketones is 1. The summed E-state index contributed by atoms with van der Waals surface area (Å²) in [6, 6.07) is 6.53. The number of nitrogens with zero attached hydrogens (tertiary/aromatic N) is 1.